The van der Waals surface area contributed by atoms with Gasteiger partial charge in [-0.3, -0.25) is 0 Å². The van der Waals surface area contributed by atoms with E-state index in [2.05, 4.69) is 18.4 Å². The maximum absolute atomic E-state index is 5.56. The van der Waals surface area contributed by atoms with Gasteiger partial charge in [-0.05, 0) is 55.8 Å². The second-order valence-electron chi connectivity index (χ2n) is 6.06. The van der Waals surface area contributed by atoms with Gasteiger partial charge in [0.05, 0.1) is 14.2 Å². The molecule has 0 bridgehead atoms. The van der Waals surface area contributed by atoms with E-state index in [1.54, 1.807) is 14.2 Å². The van der Waals surface area contributed by atoms with E-state index in [4.69, 9.17) is 9.47 Å². The Bertz CT molecular complexity index is 462. The Morgan fingerprint density at radius 2 is 1.80 bits per heavy atom. The van der Waals surface area contributed by atoms with Gasteiger partial charge in [-0.25, -0.2) is 0 Å². The zero-order valence-corrected chi connectivity index (χ0v) is 12.7. The third-order valence-corrected chi connectivity index (χ3v) is 5.19. The average Bonchev–Trinajstić information content (AvgIpc) is 3.22. The van der Waals surface area contributed by atoms with Crippen molar-refractivity contribution in [2.75, 3.05) is 21.3 Å². The molecule has 0 heterocycles. The SMILES string of the molecule is CNC(c1cc(OC)ccc1OC)C1C2CCCCC21. The van der Waals surface area contributed by atoms with Gasteiger partial charge in [-0.15, -0.1) is 0 Å². The topological polar surface area (TPSA) is 30.5 Å². The van der Waals surface area contributed by atoms with Crippen LogP contribution in [0.4, 0.5) is 0 Å². The Hall–Kier alpha value is -1.22. The molecule has 3 atom stereocenters. The number of rotatable bonds is 5. The smallest absolute Gasteiger partial charge is 0.123 e. The third kappa shape index (κ3) is 2.28. The fourth-order valence-electron chi connectivity index (χ4n) is 4.18. The van der Waals surface area contributed by atoms with Crippen LogP contribution in [0.3, 0.4) is 0 Å². The first-order valence-corrected chi connectivity index (χ1v) is 7.69. The van der Waals surface area contributed by atoms with Crippen molar-refractivity contribution in [3.63, 3.8) is 0 Å². The van der Waals surface area contributed by atoms with Crippen LogP contribution in [0.2, 0.25) is 0 Å². The van der Waals surface area contributed by atoms with Crippen molar-refractivity contribution < 1.29 is 9.47 Å². The lowest BCUT2D eigenvalue weighted by atomic mass is 9.98. The highest BCUT2D eigenvalue weighted by Gasteiger charge is 2.54. The second kappa shape index (κ2) is 5.65. The molecule has 20 heavy (non-hydrogen) atoms. The van der Waals surface area contributed by atoms with Crippen LogP contribution < -0.4 is 14.8 Å². The molecule has 3 unspecified atom stereocenters. The Balaban J connectivity index is 1.89. The van der Waals surface area contributed by atoms with Gasteiger partial charge in [0.1, 0.15) is 11.5 Å². The minimum atomic E-state index is 0.383. The van der Waals surface area contributed by atoms with Gasteiger partial charge in [-0.2, -0.15) is 0 Å². The number of hydrogen-bond donors (Lipinski definition) is 1. The number of ether oxygens (including phenoxy) is 2. The molecular formula is C17H25NO2. The molecule has 2 saturated carbocycles. The maximum atomic E-state index is 5.56. The van der Waals surface area contributed by atoms with Crippen LogP contribution in [0, 0.1) is 17.8 Å². The summed E-state index contributed by atoms with van der Waals surface area (Å²) in [6, 6.07) is 6.50. The molecule has 1 aromatic rings. The zero-order chi connectivity index (χ0) is 14.1. The summed E-state index contributed by atoms with van der Waals surface area (Å²) < 4.78 is 10.9. The molecule has 2 aliphatic rings. The van der Waals surface area contributed by atoms with E-state index < -0.39 is 0 Å². The van der Waals surface area contributed by atoms with Gasteiger partial charge >= 0.3 is 0 Å². The lowest BCUT2D eigenvalue weighted by Gasteiger charge is -2.20. The lowest BCUT2D eigenvalue weighted by Crippen LogP contribution is -2.20. The molecule has 0 saturated heterocycles. The van der Waals surface area contributed by atoms with E-state index >= 15 is 0 Å². The maximum Gasteiger partial charge on any atom is 0.123 e. The van der Waals surface area contributed by atoms with Gasteiger partial charge < -0.3 is 14.8 Å². The Kier molecular flexibility index (Phi) is 3.88. The van der Waals surface area contributed by atoms with Gasteiger partial charge in [0.2, 0.25) is 0 Å². The Morgan fingerprint density at radius 3 is 2.35 bits per heavy atom. The van der Waals surface area contributed by atoms with Crippen molar-refractivity contribution in [1.29, 1.82) is 0 Å². The van der Waals surface area contributed by atoms with Crippen LogP contribution in [0.25, 0.3) is 0 Å². The first-order chi connectivity index (χ1) is 9.80. The zero-order valence-electron chi connectivity index (χ0n) is 12.7. The molecule has 0 aromatic heterocycles. The van der Waals surface area contributed by atoms with E-state index in [9.17, 15) is 0 Å². The van der Waals surface area contributed by atoms with Crippen molar-refractivity contribution in [3.05, 3.63) is 23.8 Å². The van der Waals surface area contributed by atoms with Gasteiger partial charge in [0, 0.05) is 11.6 Å². The second-order valence-corrected chi connectivity index (χ2v) is 6.06. The molecule has 3 nitrogen and oxygen atoms in total. The first kappa shape index (κ1) is 13.7. The minimum absolute atomic E-state index is 0.383. The van der Waals surface area contributed by atoms with Gasteiger partial charge in [0.25, 0.3) is 0 Å². The molecule has 0 amide bonds. The van der Waals surface area contributed by atoms with E-state index in [0.29, 0.717) is 6.04 Å². The van der Waals surface area contributed by atoms with Crippen molar-refractivity contribution >= 4 is 0 Å². The molecular weight excluding hydrogens is 250 g/mol. The van der Waals surface area contributed by atoms with E-state index in [1.165, 1.54) is 31.2 Å². The summed E-state index contributed by atoms with van der Waals surface area (Å²) in [5.41, 5.74) is 1.24. The summed E-state index contributed by atoms with van der Waals surface area (Å²) in [5, 5.41) is 3.53. The van der Waals surface area contributed by atoms with Crippen LogP contribution in [0.15, 0.2) is 18.2 Å². The Morgan fingerprint density at radius 1 is 1.10 bits per heavy atom. The van der Waals surface area contributed by atoms with Crippen molar-refractivity contribution in [1.82, 2.24) is 5.32 Å². The molecule has 3 heteroatoms. The highest BCUT2D eigenvalue weighted by molar-refractivity contribution is 5.43. The number of benzene rings is 1. The summed E-state index contributed by atoms with van der Waals surface area (Å²) in [6.45, 7) is 0. The summed E-state index contributed by atoms with van der Waals surface area (Å²) in [4.78, 5) is 0. The molecule has 1 aromatic carbocycles. The molecule has 0 aliphatic heterocycles. The normalized spacial score (nSPS) is 29.4. The number of fused-ring (bicyclic) bond motifs is 1. The largest absolute Gasteiger partial charge is 0.497 e. The molecule has 110 valence electrons. The fraction of sp³-hybridized carbons (Fsp3) is 0.647. The highest BCUT2D eigenvalue weighted by atomic mass is 16.5. The minimum Gasteiger partial charge on any atom is -0.497 e. The standard InChI is InChI=1S/C17H25NO2/c1-18-17(16-12-6-4-5-7-13(12)16)14-10-11(19-2)8-9-15(14)20-3/h8-10,12-13,16-18H,4-7H2,1-3H3. The summed E-state index contributed by atoms with van der Waals surface area (Å²) >= 11 is 0. The van der Waals surface area contributed by atoms with Crippen molar-refractivity contribution in [2.24, 2.45) is 17.8 Å². The number of nitrogens with one attached hydrogen (secondary N) is 1. The van der Waals surface area contributed by atoms with Crippen LogP contribution >= 0.6 is 0 Å². The van der Waals surface area contributed by atoms with Crippen molar-refractivity contribution in [2.45, 2.75) is 31.7 Å². The molecule has 0 radical (unpaired) electrons. The van der Waals surface area contributed by atoms with Gasteiger partial charge in [0.15, 0.2) is 0 Å². The third-order valence-electron chi connectivity index (χ3n) is 5.19. The molecule has 3 rings (SSSR count). The predicted molar refractivity (Wildman–Crippen MR) is 80.3 cm³/mol. The molecule has 2 aliphatic carbocycles. The summed E-state index contributed by atoms with van der Waals surface area (Å²) in [6.07, 6.45) is 5.62. The van der Waals surface area contributed by atoms with Crippen LogP contribution in [-0.4, -0.2) is 21.3 Å². The summed E-state index contributed by atoms with van der Waals surface area (Å²) in [7, 11) is 5.53. The molecule has 2 fully saturated rings. The van der Waals surface area contributed by atoms with E-state index in [1.807, 2.05) is 12.1 Å². The van der Waals surface area contributed by atoms with Gasteiger partial charge in [-0.1, -0.05) is 12.8 Å². The quantitative estimate of drug-likeness (QED) is 0.893. The summed E-state index contributed by atoms with van der Waals surface area (Å²) in [5.74, 6) is 4.47. The van der Waals surface area contributed by atoms with Crippen molar-refractivity contribution in [3.8, 4) is 11.5 Å². The van der Waals surface area contributed by atoms with Crippen LogP contribution in [0.1, 0.15) is 37.3 Å². The average molecular weight is 275 g/mol. The fourth-order valence-corrected chi connectivity index (χ4v) is 4.18. The van der Waals surface area contributed by atoms with E-state index in [0.717, 1.165) is 29.3 Å². The molecule has 0 spiro atoms. The predicted octanol–water partition coefficient (Wildman–Crippen LogP) is 3.40. The number of methoxy groups -OCH3 is 2. The number of hydrogen-bond acceptors (Lipinski definition) is 3. The Labute approximate surface area is 121 Å². The highest BCUT2D eigenvalue weighted by Crippen LogP contribution is 2.61. The molecule has 1 N–H and O–H groups in total. The van der Waals surface area contributed by atoms with Crippen LogP contribution in [0.5, 0.6) is 11.5 Å². The monoisotopic (exact) mass is 275 g/mol. The van der Waals surface area contributed by atoms with Crippen LogP contribution in [-0.2, 0) is 0 Å². The van der Waals surface area contributed by atoms with E-state index in [-0.39, 0.29) is 0 Å². The first-order valence-electron chi connectivity index (χ1n) is 7.69. The lowest BCUT2D eigenvalue weighted by molar-refractivity contribution is 0.382.